The van der Waals surface area contributed by atoms with Crippen molar-refractivity contribution in [3.63, 3.8) is 0 Å². The highest BCUT2D eigenvalue weighted by Crippen LogP contribution is 2.21. The third kappa shape index (κ3) is 6.99. The zero-order valence-electron chi connectivity index (χ0n) is 16.0. The summed E-state index contributed by atoms with van der Waals surface area (Å²) in [4.78, 5) is 36.1. The van der Waals surface area contributed by atoms with Crippen molar-refractivity contribution in [3.8, 4) is 5.75 Å². The molecule has 0 aliphatic rings. The lowest BCUT2D eigenvalue weighted by Crippen LogP contribution is -2.16. The van der Waals surface area contributed by atoms with Gasteiger partial charge in [-0.25, -0.2) is 4.79 Å². The molecule has 0 aliphatic heterocycles. The smallest absolute Gasteiger partial charge is 0.387 e. The Labute approximate surface area is 166 Å². The monoisotopic (exact) mass is 405 g/mol. The van der Waals surface area contributed by atoms with Gasteiger partial charge in [0, 0.05) is 17.7 Å². The first kappa shape index (κ1) is 22.0. The second-order valence-electron chi connectivity index (χ2n) is 6.60. The van der Waals surface area contributed by atoms with Crippen molar-refractivity contribution >= 4 is 23.3 Å². The van der Waals surface area contributed by atoms with Crippen LogP contribution in [0.2, 0.25) is 0 Å². The molecule has 0 saturated carbocycles. The van der Waals surface area contributed by atoms with E-state index in [1.54, 1.807) is 12.1 Å². The molecule has 1 amide bonds. The summed E-state index contributed by atoms with van der Waals surface area (Å²) in [6, 6.07) is 11.5. The highest BCUT2D eigenvalue weighted by atomic mass is 19.3. The van der Waals surface area contributed by atoms with E-state index in [0.717, 1.165) is 0 Å². The molecule has 29 heavy (non-hydrogen) atoms. The van der Waals surface area contributed by atoms with E-state index in [4.69, 9.17) is 4.74 Å². The maximum absolute atomic E-state index is 12.4. The minimum absolute atomic E-state index is 0.127. The molecule has 0 aromatic heterocycles. The Morgan fingerprint density at radius 2 is 1.66 bits per heavy atom. The average molecular weight is 405 g/mol. The Bertz CT molecular complexity index is 866. The summed E-state index contributed by atoms with van der Waals surface area (Å²) >= 11 is 0. The van der Waals surface area contributed by atoms with Crippen molar-refractivity contribution in [2.24, 2.45) is 5.92 Å². The molecule has 0 atom stereocenters. The number of hydrogen-bond donors (Lipinski definition) is 1. The molecule has 0 fully saturated rings. The molecule has 6 nitrogen and oxygen atoms in total. The Morgan fingerprint density at radius 1 is 1.00 bits per heavy atom. The number of amides is 1. The highest BCUT2D eigenvalue weighted by Gasteiger charge is 2.18. The van der Waals surface area contributed by atoms with Gasteiger partial charge in [-0.3, -0.25) is 9.59 Å². The van der Waals surface area contributed by atoms with Crippen molar-refractivity contribution in [1.82, 2.24) is 0 Å². The lowest BCUT2D eigenvalue weighted by atomic mass is 10.1. The Hall–Kier alpha value is -3.29. The quantitative estimate of drug-likeness (QED) is 0.497. The summed E-state index contributed by atoms with van der Waals surface area (Å²) in [5.41, 5.74) is 0.614. The first-order valence-electron chi connectivity index (χ1n) is 8.90. The number of alkyl halides is 2. The van der Waals surface area contributed by atoms with Crippen LogP contribution in [0, 0.1) is 5.92 Å². The van der Waals surface area contributed by atoms with Gasteiger partial charge in [0.05, 0.1) is 0 Å². The number of para-hydroxylation sites is 1. The molecule has 0 saturated heterocycles. The van der Waals surface area contributed by atoms with Crippen LogP contribution in [0.5, 0.6) is 5.75 Å². The molecular weight excluding hydrogens is 384 g/mol. The largest absolute Gasteiger partial charge is 0.454 e. The number of rotatable bonds is 9. The molecule has 0 spiro atoms. The summed E-state index contributed by atoms with van der Waals surface area (Å²) < 4.78 is 34.0. The highest BCUT2D eigenvalue weighted by molar-refractivity contribution is 6.00. The van der Waals surface area contributed by atoms with Gasteiger partial charge in [0.25, 0.3) is 0 Å². The van der Waals surface area contributed by atoms with Crippen molar-refractivity contribution in [2.45, 2.75) is 26.9 Å². The number of esters is 1. The number of Topliss-reactive ketones (excluding diaryl/α,β-unsaturated/α-hetero) is 1. The van der Waals surface area contributed by atoms with Crippen molar-refractivity contribution in [3.05, 3.63) is 59.7 Å². The van der Waals surface area contributed by atoms with E-state index in [9.17, 15) is 23.2 Å². The fourth-order valence-electron chi connectivity index (χ4n) is 2.45. The number of ketones is 1. The van der Waals surface area contributed by atoms with E-state index in [1.165, 1.54) is 36.4 Å². The fraction of sp³-hybridized carbons (Fsp3) is 0.286. The average Bonchev–Trinajstić information content (AvgIpc) is 2.65. The summed E-state index contributed by atoms with van der Waals surface area (Å²) in [7, 11) is 0. The third-order valence-corrected chi connectivity index (χ3v) is 3.74. The van der Waals surface area contributed by atoms with Crippen molar-refractivity contribution < 1.29 is 32.6 Å². The maximum Gasteiger partial charge on any atom is 0.387 e. The number of halogens is 2. The van der Waals surface area contributed by atoms with Gasteiger partial charge in [0.2, 0.25) is 5.91 Å². The molecule has 0 heterocycles. The van der Waals surface area contributed by atoms with Crippen LogP contribution in [0.3, 0.4) is 0 Å². The van der Waals surface area contributed by atoms with Crippen LogP contribution in [0.1, 0.15) is 41.0 Å². The van der Waals surface area contributed by atoms with Gasteiger partial charge in [0.15, 0.2) is 12.4 Å². The zero-order valence-corrected chi connectivity index (χ0v) is 16.0. The Kier molecular flexibility index (Phi) is 7.82. The van der Waals surface area contributed by atoms with Gasteiger partial charge in [0.1, 0.15) is 11.3 Å². The lowest BCUT2D eigenvalue weighted by molar-refractivity contribution is -0.116. The van der Waals surface area contributed by atoms with Crippen LogP contribution in [-0.4, -0.2) is 30.9 Å². The van der Waals surface area contributed by atoms with E-state index in [-0.39, 0.29) is 28.7 Å². The summed E-state index contributed by atoms with van der Waals surface area (Å²) in [6.07, 6.45) is 0.382. The number of hydrogen-bond acceptors (Lipinski definition) is 5. The van der Waals surface area contributed by atoms with Gasteiger partial charge in [-0.2, -0.15) is 8.78 Å². The Balaban J connectivity index is 1.94. The number of ether oxygens (including phenoxy) is 2. The van der Waals surface area contributed by atoms with E-state index < -0.39 is 25.0 Å². The molecule has 2 aromatic rings. The van der Waals surface area contributed by atoms with Crippen LogP contribution in [0.15, 0.2) is 48.5 Å². The number of anilines is 1. The summed E-state index contributed by atoms with van der Waals surface area (Å²) in [5.74, 6) is -1.67. The predicted molar refractivity (Wildman–Crippen MR) is 102 cm³/mol. The SMILES string of the molecule is CC(C)CC(=O)Nc1ccc(C(=O)COC(=O)c2ccccc2OC(F)F)cc1. The van der Waals surface area contributed by atoms with Gasteiger partial charge < -0.3 is 14.8 Å². The zero-order chi connectivity index (χ0) is 21.4. The normalized spacial score (nSPS) is 10.7. The molecule has 0 aliphatic carbocycles. The van der Waals surface area contributed by atoms with E-state index in [2.05, 4.69) is 10.1 Å². The van der Waals surface area contributed by atoms with Crippen molar-refractivity contribution in [1.29, 1.82) is 0 Å². The first-order valence-corrected chi connectivity index (χ1v) is 8.90. The van der Waals surface area contributed by atoms with E-state index >= 15 is 0 Å². The van der Waals surface area contributed by atoms with Crippen LogP contribution in [0.25, 0.3) is 0 Å². The predicted octanol–water partition coefficient (Wildman–Crippen LogP) is 4.31. The van der Waals surface area contributed by atoms with Crippen LogP contribution >= 0.6 is 0 Å². The fourth-order valence-corrected chi connectivity index (χ4v) is 2.45. The van der Waals surface area contributed by atoms with Crippen molar-refractivity contribution in [2.75, 3.05) is 11.9 Å². The topological polar surface area (TPSA) is 81.7 Å². The molecule has 2 rings (SSSR count). The molecule has 1 N–H and O–H groups in total. The number of carbonyl (C=O) groups excluding carboxylic acids is 3. The van der Waals surface area contributed by atoms with Gasteiger partial charge in [-0.1, -0.05) is 26.0 Å². The molecular formula is C21H21F2NO5. The van der Waals surface area contributed by atoms with Crippen LogP contribution in [0.4, 0.5) is 14.5 Å². The van der Waals surface area contributed by atoms with E-state index in [0.29, 0.717) is 12.1 Å². The van der Waals surface area contributed by atoms with Gasteiger partial charge >= 0.3 is 12.6 Å². The first-order chi connectivity index (χ1) is 13.8. The molecule has 0 unspecified atom stereocenters. The lowest BCUT2D eigenvalue weighted by Gasteiger charge is -2.10. The molecule has 2 aromatic carbocycles. The Morgan fingerprint density at radius 3 is 2.28 bits per heavy atom. The second kappa shape index (κ2) is 10.3. The maximum atomic E-state index is 12.4. The van der Waals surface area contributed by atoms with Crippen LogP contribution < -0.4 is 10.1 Å². The number of benzene rings is 2. The number of nitrogens with one attached hydrogen (secondary N) is 1. The van der Waals surface area contributed by atoms with Crippen LogP contribution in [-0.2, 0) is 9.53 Å². The van der Waals surface area contributed by atoms with Gasteiger partial charge in [-0.05, 0) is 42.3 Å². The molecule has 0 bridgehead atoms. The molecule has 8 heteroatoms. The standard InChI is InChI=1S/C21H21F2NO5/c1-13(2)11-19(26)24-15-9-7-14(8-10-15)17(25)12-28-20(27)16-5-3-4-6-18(16)29-21(22)23/h3-10,13,21H,11-12H2,1-2H3,(H,24,26). The summed E-state index contributed by atoms with van der Waals surface area (Å²) in [6.45, 7) is 0.201. The van der Waals surface area contributed by atoms with Gasteiger partial charge in [-0.15, -0.1) is 0 Å². The molecule has 0 radical (unpaired) electrons. The number of carbonyl (C=O) groups is 3. The molecule has 154 valence electrons. The van der Waals surface area contributed by atoms with E-state index in [1.807, 2.05) is 13.8 Å². The second-order valence-corrected chi connectivity index (χ2v) is 6.60. The summed E-state index contributed by atoms with van der Waals surface area (Å²) in [5, 5.41) is 2.72. The minimum Gasteiger partial charge on any atom is -0.454 e. The minimum atomic E-state index is -3.09. The third-order valence-electron chi connectivity index (χ3n) is 3.74.